The van der Waals surface area contributed by atoms with E-state index < -0.39 is 0 Å². The first-order valence-corrected chi connectivity index (χ1v) is 17.3. The maximum atomic E-state index is 9.88. The second kappa shape index (κ2) is 15.4. The van der Waals surface area contributed by atoms with Crippen LogP contribution in [-0.4, -0.2) is 41.5 Å². The SMILES string of the molecule is C[C@@H](COc1ccnc2c1[C@H](C)CCC2)C[C@H]1Cc2cc3c(cc2C12CC[C-](Nc1cccc(Cl)c1)CC2)O[C@@H](CO)CCO3.O.[Fe]. The van der Waals surface area contributed by atoms with Crippen LogP contribution in [0.3, 0.4) is 0 Å². The zero-order valence-electron chi connectivity index (χ0n) is 27.5. The maximum absolute atomic E-state index is 9.88. The summed E-state index contributed by atoms with van der Waals surface area (Å²) in [6.07, 6.45) is 12.2. The first-order valence-electron chi connectivity index (χ1n) is 17.0. The number of halogens is 1. The number of nitrogens with zero attached hydrogens (tertiary/aromatic N) is 1. The van der Waals surface area contributed by atoms with E-state index in [9.17, 15) is 5.11 Å². The summed E-state index contributed by atoms with van der Waals surface area (Å²) in [6, 6.07) is 15.9. The molecule has 3 aliphatic carbocycles. The molecule has 0 radical (unpaired) electrons. The van der Waals surface area contributed by atoms with E-state index in [1.165, 1.54) is 41.3 Å². The summed E-state index contributed by atoms with van der Waals surface area (Å²) in [5.74, 6) is 4.04. The molecule has 0 saturated heterocycles. The molecule has 1 spiro atoms. The molecule has 4 N–H and O–H groups in total. The Labute approximate surface area is 294 Å². The molecule has 0 unspecified atom stereocenters. The van der Waals surface area contributed by atoms with Crippen molar-refractivity contribution in [2.45, 2.75) is 95.5 Å². The minimum Gasteiger partial charge on any atom is -0.532 e. The van der Waals surface area contributed by atoms with Crippen LogP contribution >= 0.6 is 11.6 Å². The van der Waals surface area contributed by atoms with E-state index in [4.69, 9.17) is 25.8 Å². The van der Waals surface area contributed by atoms with Crippen molar-refractivity contribution in [3.8, 4) is 17.2 Å². The van der Waals surface area contributed by atoms with Gasteiger partial charge in [-0.25, -0.2) is 6.04 Å². The number of rotatable bonds is 8. The molecule has 256 valence electrons. The molecule has 47 heavy (non-hydrogen) atoms. The maximum Gasteiger partial charge on any atom is 0.162 e. The number of hydrogen-bond donors (Lipinski definition) is 2. The minimum absolute atomic E-state index is 0. The van der Waals surface area contributed by atoms with Crippen molar-refractivity contribution < 1.29 is 41.9 Å². The van der Waals surface area contributed by atoms with Gasteiger partial charge in [0.15, 0.2) is 11.5 Å². The van der Waals surface area contributed by atoms with Crippen LogP contribution < -0.4 is 19.5 Å². The number of aryl methyl sites for hydroxylation is 1. The third-order valence-electron chi connectivity index (χ3n) is 10.8. The number of ether oxygens (including phenoxy) is 3. The van der Waals surface area contributed by atoms with Crippen molar-refractivity contribution in [3.05, 3.63) is 82.1 Å². The standard InChI is InChI=1S/C38H46ClN2O4.Fe.H2O/c1-24(23-44-34-11-15-40-33-8-3-5-25(2)37(33)34)17-27-18-26-19-35-36(45-31(22-42)12-16-43-35)21-32(26)38(27)13-9-29(10-14-38)41-30-7-4-6-28(39)20-30;;/h4,6-7,11,15,19-21,24-25,27,31,41-42H,3,5,8-10,12-14,16-18,22-23H2,1-2H3;;1H2/q-1;;/t24-,25-,27+,31-;;/m1../s1. The molecular weight excluding hydrogens is 656 g/mol. The van der Waals surface area contributed by atoms with Gasteiger partial charge in [-0.15, -0.1) is 0 Å². The number of aliphatic hydroxyl groups excluding tert-OH is 1. The quantitative estimate of drug-likeness (QED) is 0.185. The number of fused-ring (bicyclic) bond motifs is 4. The Hall–Kier alpha value is -2.48. The second-order valence-corrected chi connectivity index (χ2v) is 14.4. The number of aromatic nitrogens is 1. The minimum atomic E-state index is -0.232. The molecule has 2 heterocycles. The van der Waals surface area contributed by atoms with Gasteiger partial charge in [-0.1, -0.05) is 44.4 Å². The van der Waals surface area contributed by atoms with Gasteiger partial charge in [0.2, 0.25) is 0 Å². The Kier molecular flexibility index (Phi) is 11.7. The van der Waals surface area contributed by atoms with Crippen molar-refractivity contribution in [1.82, 2.24) is 4.98 Å². The largest absolute Gasteiger partial charge is 0.532 e. The van der Waals surface area contributed by atoms with Gasteiger partial charge in [0.05, 0.1) is 19.8 Å². The Morgan fingerprint density at radius 2 is 1.98 bits per heavy atom. The van der Waals surface area contributed by atoms with E-state index >= 15 is 0 Å². The van der Waals surface area contributed by atoms with Gasteiger partial charge in [0, 0.05) is 51.7 Å². The molecule has 1 fully saturated rings. The number of benzene rings is 2. The molecular formula is C38H48ClFeN2O5-. The van der Waals surface area contributed by atoms with E-state index in [0.717, 1.165) is 72.9 Å². The van der Waals surface area contributed by atoms with Gasteiger partial charge in [-0.2, -0.15) is 12.8 Å². The van der Waals surface area contributed by atoms with Crippen LogP contribution in [0.4, 0.5) is 5.69 Å². The van der Waals surface area contributed by atoms with Crippen LogP contribution in [0.2, 0.25) is 5.02 Å². The monoisotopic (exact) mass is 703 g/mol. The van der Waals surface area contributed by atoms with Crippen LogP contribution in [0.5, 0.6) is 17.2 Å². The van der Waals surface area contributed by atoms with Gasteiger partial charge in [-0.3, -0.25) is 4.98 Å². The van der Waals surface area contributed by atoms with Crippen LogP contribution in [-0.2, 0) is 35.3 Å². The van der Waals surface area contributed by atoms with E-state index in [1.54, 1.807) is 0 Å². The first-order chi connectivity index (χ1) is 21.9. The van der Waals surface area contributed by atoms with Gasteiger partial charge in [0.25, 0.3) is 0 Å². The Balaban J connectivity index is 0.00000217. The van der Waals surface area contributed by atoms with Crippen LogP contribution in [0, 0.1) is 17.9 Å². The van der Waals surface area contributed by atoms with Crippen molar-refractivity contribution >= 4 is 17.3 Å². The number of pyridine rings is 1. The van der Waals surface area contributed by atoms with Gasteiger partial charge < -0.3 is 30.1 Å². The number of hydrogen-bond acceptors (Lipinski definition) is 6. The molecule has 7 nitrogen and oxygen atoms in total. The van der Waals surface area contributed by atoms with Crippen LogP contribution in [0.25, 0.3) is 0 Å². The zero-order valence-corrected chi connectivity index (χ0v) is 29.3. The Bertz CT molecular complexity index is 1510. The molecule has 7 rings (SSSR count). The fraction of sp³-hybridized carbons (Fsp3) is 0.526. The predicted octanol–water partition coefficient (Wildman–Crippen LogP) is 7.60. The third kappa shape index (κ3) is 7.42. The number of aliphatic hydroxyl groups is 1. The summed E-state index contributed by atoms with van der Waals surface area (Å²) in [6.45, 7) is 5.93. The fourth-order valence-electron chi connectivity index (χ4n) is 8.52. The van der Waals surface area contributed by atoms with Gasteiger partial charge in [0.1, 0.15) is 11.9 Å². The normalized spacial score (nSPS) is 23.4. The van der Waals surface area contributed by atoms with Gasteiger partial charge in [-0.05, 0) is 103 Å². The molecule has 9 heteroatoms. The smallest absolute Gasteiger partial charge is 0.162 e. The second-order valence-electron chi connectivity index (χ2n) is 13.9. The Morgan fingerprint density at radius 3 is 2.77 bits per heavy atom. The molecule has 4 atom stereocenters. The van der Waals surface area contributed by atoms with Crippen molar-refractivity contribution in [2.75, 3.05) is 25.1 Å². The van der Waals surface area contributed by atoms with Gasteiger partial charge >= 0.3 is 0 Å². The summed E-state index contributed by atoms with van der Waals surface area (Å²) in [4.78, 5) is 4.68. The van der Waals surface area contributed by atoms with Crippen molar-refractivity contribution in [3.63, 3.8) is 0 Å². The molecule has 3 aromatic rings. The summed E-state index contributed by atoms with van der Waals surface area (Å²) < 4.78 is 19.0. The molecule has 1 aromatic heterocycles. The summed E-state index contributed by atoms with van der Waals surface area (Å²) >= 11 is 6.28. The zero-order chi connectivity index (χ0) is 31.0. The third-order valence-corrected chi connectivity index (χ3v) is 11.1. The molecule has 1 aliphatic heterocycles. The molecule has 2 aromatic carbocycles. The molecule has 0 amide bonds. The van der Waals surface area contributed by atoms with E-state index in [2.05, 4.69) is 48.4 Å². The predicted molar refractivity (Wildman–Crippen MR) is 182 cm³/mol. The summed E-state index contributed by atoms with van der Waals surface area (Å²) in [5, 5.41) is 14.3. The fourth-order valence-corrected chi connectivity index (χ4v) is 8.71. The first kappa shape index (κ1) is 35.8. The van der Waals surface area contributed by atoms with Crippen LogP contribution in [0.1, 0.15) is 93.5 Å². The molecule has 4 aliphatic rings. The summed E-state index contributed by atoms with van der Waals surface area (Å²) in [7, 11) is 0. The topological polar surface area (TPSA) is 104 Å². The molecule has 0 bridgehead atoms. The van der Waals surface area contributed by atoms with Crippen LogP contribution in [0.15, 0.2) is 48.7 Å². The molecule has 1 saturated carbocycles. The average Bonchev–Trinajstić information content (AvgIpc) is 3.16. The van der Waals surface area contributed by atoms with Crippen molar-refractivity contribution in [2.24, 2.45) is 11.8 Å². The van der Waals surface area contributed by atoms with E-state index in [-0.39, 0.29) is 40.7 Å². The van der Waals surface area contributed by atoms with E-state index in [0.29, 0.717) is 37.4 Å². The Morgan fingerprint density at radius 1 is 1.15 bits per heavy atom. The number of nitrogens with one attached hydrogen (secondary N) is 1. The number of anilines is 1. The van der Waals surface area contributed by atoms with Crippen molar-refractivity contribution in [1.29, 1.82) is 0 Å². The van der Waals surface area contributed by atoms with E-state index in [1.807, 2.05) is 24.4 Å². The summed E-state index contributed by atoms with van der Waals surface area (Å²) in [5.41, 5.74) is 6.47. The average molecular weight is 704 g/mol.